The Morgan fingerprint density at radius 3 is 2.19 bits per heavy atom. The van der Waals surface area contributed by atoms with Gasteiger partial charge in [0.15, 0.2) is 0 Å². The summed E-state index contributed by atoms with van der Waals surface area (Å²) in [4.78, 5) is 38.8. The van der Waals surface area contributed by atoms with Crippen molar-refractivity contribution in [1.82, 2.24) is 0 Å². The monoisotopic (exact) mass is 434 g/mol. The van der Waals surface area contributed by atoms with Crippen LogP contribution in [0.3, 0.4) is 0 Å². The van der Waals surface area contributed by atoms with E-state index in [1.165, 1.54) is 17.9 Å². The number of aryl methyl sites for hydroxylation is 1. The Morgan fingerprint density at radius 1 is 1.03 bits per heavy atom. The van der Waals surface area contributed by atoms with Crippen molar-refractivity contribution in [2.45, 2.75) is 27.7 Å². The molecule has 0 aliphatic heterocycles. The summed E-state index contributed by atoms with van der Waals surface area (Å²) >= 11 is 0. The fraction of sp³-hybridized carbons (Fsp3) is 0.240. The molecular weight excluding hydrogens is 408 g/mol. The number of amides is 2. The molecule has 3 N–H and O–H groups in total. The average Bonchev–Trinajstić information content (AvgIpc) is 2.74. The van der Waals surface area contributed by atoms with Crippen molar-refractivity contribution in [2.24, 2.45) is 11.1 Å². The summed E-state index contributed by atoms with van der Waals surface area (Å²) in [5.41, 5.74) is 5.89. The number of phenols is 1. The Bertz CT molecular complexity index is 1200. The quantitative estimate of drug-likeness (QED) is 0.451. The van der Waals surface area contributed by atoms with Crippen LogP contribution in [0.5, 0.6) is 11.5 Å². The highest BCUT2D eigenvalue weighted by Crippen LogP contribution is 2.37. The van der Waals surface area contributed by atoms with E-state index in [0.717, 1.165) is 5.56 Å². The van der Waals surface area contributed by atoms with Crippen LogP contribution in [0.1, 0.15) is 36.7 Å². The summed E-state index contributed by atoms with van der Waals surface area (Å²) in [6.07, 6.45) is 0. The number of esters is 1. The number of nitrogens with zero attached hydrogens (tertiary/aromatic N) is 1. The molecule has 7 nitrogen and oxygen atoms in total. The smallest absolute Gasteiger partial charge is 0.318 e. The second-order valence-electron chi connectivity index (χ2n) is 8.39. The molecule has 0 unspecified atom stereocenters. The highest BCUT2D eigenvalue weighted by molar-refractivity contribution is 6.06. The molecule has 0 fully saturated rings. The van der Waals surface area contributed by atoms with Gasteiger partial charge in [0, 0.05) is 29.9 Å². The molecule has 0 aliphatic rings. The van der Waals surface area contributed by atoms with Gasteiger partial charge in [-0.25, -0.2) is 0 Å². The Labute approximate surface area is 186 Å². The first-order chi connectivity index (χ1) is 15.0. The molecule has 3 rings (SSSR count). The fourth-order valence-electron chi connectivity index (χ4n) is 3.41. The minimum absolute atomic E-state index is 0.0862. The third-order valence-corrected chi connectivity index (χ3v) is 5.28. The van der Waals surface area contributed by atoms with E-state index in [9.17, 15) is 19.5 Å². The molecule has 0 aliphatic carbocycles. The summed E-state index contributed by atoms with van der Waals surface area (Å²) in [5.74, 6) is -1.81. The van der Waals surface area contributed by atoms with Crippen LogP contribution in [0.25, 0.3) is 10.8 Å². The number of primary amides is 1. The molecule has 0 bridgehead atoms. The number of aromatic hydroxyl groups is 1. The van der Waals surface area contributed by atoms with Gasteiger partial charge in [0.1, 0.15) is 11.5 Å². The highest BCUT2D eigenvalue weighted by Gasteiger charge is 2.34. The molecule has 2 amide bonds. The minimum atomic E-state index is -1.08. The van der Waals surface area contributed by atoms with E-state index in [4.69, 9.17) is 10.5 Å². The van der Waals surface area contributed by atoms with Gasteiger partial charge in [-0.15, -0.1) is 0 Å². The Kier molecular flexibility index (Phi) is 6.20. The lowest BCUT2D eigenvalue weighted by Crippen LogP contribution is -2.43. The lowest BCUT2D eigenvalue weighted by atomic mass is 9.92. The van der Waals surface area contributed by atoms with Gasteiger partial charge in [-0.05, 0) is 39.0 Å². The van der Waals surface area contributed by atoms with E-state index in [1.807, 2.05) is 31.2 Å². The number of fused-ring (bicyclic) bond motifs is 1. The lowest BCUT2D eigenvalue weighted by molar-refractivity contribution is -0.143. The molecule has 0 spiro atoms. The number of benzene rings is 3. The predicted octanol–water partition coefficient (Wildman–Crippen LogP) is 3.94. The first-order valence-corrected chi connectivity index (χ1v) is 10.1. The van der Waals surface area contributed by atoms with Crippen molar-refractivity contribution < 1.29 is 24.2 Å². The van der Waals surface area contributed by atoms with Gasteiger partial charge in [0.05, 0.1) is 11.0 Å². The second kappa shape index (κ2) is 8.70. The predicted molar refractivity (Wildman–Crippen MR) is 123 cm³/mol. The number of anilines is 1. The molecule has 7 heteroatoms. The normalized spacial score (nSPS) is 11.2. The van der Waals surface area contributed by atoms with E-state index in [0.29, 0.717) is 16.5 Å². The van der Waals surface area contributed by atoms with Crippen LogP contribution >= 0.6 is 0 Å². The van der Waals surface area contributed by atoms with Crippen LogP contribution < -0.4 is 15.4 Å². The molecule has 0 aromatic heterocycles. The summed E-state index contributed by atoms with van der Waals surface area (Å²) in [6, 6.07) is 15.4. The van der Waals surface area contributed by atoms with Gasteiger partial charge in [0.2, 0.25) is 5.91 Å². The fourth-order valence-corrected chi connectivity index (χ4v) is 3.41. The van der Waals surface area contributed by atoms with Crippen LogP contribution in [0.15, 0.2) is 54.6 Å². The SMILES string of the molecule is CC(=O)N(CC(C)(C)C(=O)Oc1cc(C(N)=O)c(O)c2ccccc12)c1ccc(C)cc1. The van der Waals surface area contributed by atoms with Crippen molar-refractivity contribution in [2.75, 3.05) is 11.4 Å². The van der Waals surface area contributed by atoms with Crippen LogP contribution in [-0.4, -0.2) is 29.4 Å². The van der Waals surface area contributed by atoms with E-state index in [-0.39, 0.29) is 29.5 Å². The Hall–Kier alpha value is -3.87. The standard InChI is InChI=1S/C25H26N2O5/c1-15-9-11-17(12-10-15)27(16(2)28)14-25(3,4)24(31)32-21-13-20(23(26)30)22(29)19-8-6-5-7-18(19)21/h5-13,29H,14H2,1-4H3,(H2,26,30). The van der Waals surface area contributed by atoms with Gasteiger partial charge in [-0.1, -0.05) is 42.0 Å². The number of nitrogens with two attached hydrogens (primary N) is 1. The number of carbonyl (C=O) groups is 3. The third kappa shape index (κ3) is 4.56. The molecule has 0 saturated heterocycles. The maximum Gasteiger partial charge on any atom is 0.318 e. The topological polar surface area (TPSA) is 110 Å². The summed E-state index contributed by atoms with van der Waals surface area (Å²) in [7, 11) is 0. The van der Waals surface area contributed by atoms with Gasteiger partial charge in [-0.3, -0.25) is 14.4 Å². The molecule has 32 heavy (non-hydrogen) atoms. The summed E-state index contributed by atoms with van der Waals surface area (Å²) in [5, 5.41) is 11.2. The number of rotatable bonds is 6. The van der Waals surface area contributed by atoms with Crippen molar-refractivity contribution in [3.8, 4) is 11.5 Å². The van der Waals surface area contributed by atoms with Crippen molar-refractivity contribution in [3.05, 3.63) is 65.7 Å². The highest BCUT2D eigenvalue weighted by atomic mass is 16.5. The first-order valence-electron chi connectivity index (χ1n) is 10.1. The lowest BCUT2D eigenvalue weighted by Gasteiger charge is -2.30. The minimum Gasteiger partial charge on any atom is -0.506 e. The second-order valence-corrected chi connectivity index (χ2v) is 8.39. The van der Waals surface area contributed by atoms with Crippen molar-refractivity contribution in [3.63, 3.8) is 0 Å². The molecule has 0 radical (unpaired) electrons. The Balaban J connectivity index is 1.94. The molecular formula is C25H26N2O5. The maximum absolute atomic E-state index is 13.1. The molecule has 0 heterocycles. The zero-order chi connectivity index (χ0) is 23.6. The van der Waals surface area contributed by atoms with E-state index >= 15 is 0 Å². The first kappa shape index (κ1) is 22.8. The molecule has 0 atom stereocenters. The number of ether oxygens (including phenoxy) is 1. The summed E-state index contributed by atoms with van der Waals surface area (Å²) < 4.78 is 5.68. The van der Waals surface area contributed by atoms with E-state index < -0.39 is 17.3 Å². The van der Waals surface area contributed by atoms with Gasteiger partial charge in [0.25, 0.3) is 5.91 Å². The maximum atomic E-state index is 13.1. The van der Waals surface area contributed by atoms with Crippen molar-refractivity contribution in [1.29, 1.82) is 0 Å². The number of carbonyl (C=O) groups excluding carboxylic acids is 3. The zero-order valence-electron chi connectivity index (χ0n) is 18.5. The van der Waals surface area contributed by atoms with Crippen molar-refractivity contribution >= 4 is 34.2 Å². The van der Waals surface area contributed by atoms with Crippen LogP contribution in [0.2, 0.25) is 0 Å². The van der Waals surface area contributed by atoms with Crippen LogP contribution in [0, 0.1) is 12.3 Å². The zero-order valence-corrected chi connectivity index (χ0v) is 18.5. The Morgan fingerprint density at radius 2 is 1.62 bits per heavy atom. The van der Waals surface area contributed by atoms with E-state index in [2.05, 4.69) is 0 Å². The molecule has 3 aromatic rings. The summed E-state index contributed by atoms with van der Waals surface area (Å²) in [6.45, 7) is 6.83. The average molecular weight is 434 g/mol. The van der Waals surface area contributed by atoms with Gasteiger partial charge in [-0.2, -0.15) is 0 Å². The third-order valence-electron chi connectivity index (χ3n) is 5.28. The largest absolute Gasteiger partial charge is 0.506 e. The van der Waals surface area contributed by atoms with Crippen LogP contribution in [-0.2, 0) is 9.59 Å². The molecule has 166 valence electrons. The number of hydrogen-bond acceptors (Lipinski definition) is 5. The molecule has 0 saturated carbocycles. The van der Waals surface area contributed by atoms with Crippen LogP contribution in [0.4, 0.5) is 5.69 Å². The van der Waals surface area contributed by atoms with Gasteiger partial charge >= 0.3 is 5.97 Å². The number of hydrogen-bond donors (Lipinski definition) is 2. The van der Waals surface area contributed by atoms with Gasteiger partial charge < -0.3 is 20.5 Å². The van der Waals surface area contributed by atoms with E-state index in [1.54, 1.807) is 38.1 Å². The molecule has 3 aromatic carbocycles.